The van der Waals surface area contributed by atoms with Crippen molar-refractivity contribution in [1.29, 1.82) is 0 Å². The molecule has 13 heavy (non-hydrogen) atoms. The molecule has 0 spiro atoms. The highest BCUT2D eigenvalue weighted by Gasteiger charge is 2.28. The third-order valence-electron chi connectivity index (χ3n) is 3.56. The van der Waals surface area contributed by atoms with Crippen LogP contribution in [0.5, 0.6) is 0 Å². The Bertz CT molecular complexity index is 131. The lowest BCUT2D eigenvalue weighted by molar-refractivity contribution is 0.176. The van der Waals surface area contributed by atoms with E-state index in [1.807, 2.05) is 0 Å². The first kappa shape index (κ1) is 13.0. The van der Waals surface area contributed by atoms with Gasteiger partial charge in [-0.25, -0.2) is 0 Å². The molecule has 0 amide bonds. The van der Waals surface area contributed by atoms with Crippen LogP contribution in [0.4, 0.5) is 0 Å². The summed E-state index contributed by atoms with van der Waals surface area (Å²) in [6, 6.07) is 0. The van der Waals surface area contributed by atoms with E-state index in [0.29, 0.717) is 5.41 Å². The minimum absolute atomic E-state index is 0.360. The zero-order valence-corrected chi connectivity index (χ0v) is 10.1. The molecule has 0 heterocycles. The van der Waals surface area contributed by atoms with E-state index in [1.54, 1.807) is 0 Å². The van der Waals surface area contributed by atoms with Gasteiger partial charge in [-0.2, -0.15) is 0 Å². The van der Waals surface area contributed by atoms with Gasteiger partial charge in [-0.15, -0.1) is 0 Å². The molecule has 0 aliphatic carbocycles. The molecule has 0 rings (SSSR count). The van der Waals surface area contributed by atoms with E-state index in [9.17, 15) is 0 Å². The van der Waals surface area contributed by atoms with Gasteiger partial charge in [-0.05, 0) is 30.2 Å². The molecular weight excluding hydrogens is 158 g/mol. The van der Waals surface area contributed by atoms with E-state index in [0.717, 1.165) is 18.4 Å². The van der Waals surface area contributed by atoms with Gasteiger partial charge in [0.05, 0.1) is 0 Å². The predicted octanol–water partition coefficient (Wildman–Crippen LogP) is 3.43. The standard InChI is InChI=1S/C12H27N/c1-6-11(4)12(5,9-13)8-7-10(2)3/h10-11H,6-9,13H2,1-5H3. The topological polar surface area (TPSA) is 26.0 Å². The van der Waals surface area contributed by atoms with Crippen LogP contribution in [0.1, 0.15) is 53.9 Å². The number of nitrogens with two attached hydrogens (primary N) is 1. The van der Waals surface area contributed by atoms with Crippen LogP contribution >= 0.6 is 0 Å². The second-order valence-electron chi connectivity index (χ2n) is 5.10. The van der Waals surface area contributed by atoms with Gasteiger partial charge in [-0.1, -0.05) is 47.5 Å². The molecule has 2 unspecified atom stereocenters. The number of rotatable bonds is 6. The first-order valence-corrected chi connectivity index (χ1v) is 5.66. The molecule has 0 aliphatic heterocycles. The summed E-state index contributed by atoms with van der Waals surface area (Å²) in [6.07, 6.45) is 3.82. The van der Waals surface area contributed by atoms with Crippen LogP contribution in [0.3, 0.4) is 0 Å². The van der Waals surface area contributed by atoms with Crippen LogP contribution in [0.25, 0.3) is 0 Å². The maximum atomic E-state index is 5.87. The van der Waals surface area contributed by atoms with E-state index < -0.39 is 0 Å². The van der Waals surface area contributed by atoms with Crippen molar-refractivity contribution in [3.63, 3.8) is 0 Å². The van der Waals surface area contributed by atoms with Gasteiger partial charge in [0.2, 0.25) is 0 Å². The van der Waals surface area contributed by atoms with Crippen molar-refractivity contribution in [3.05, 3.63) is 0 Å². The average Bonchev–Trinajstić information content (AvgIpc) is 2.12. The molecule has 0 saturated carbocycles. The Morgan fingerprint density at radius 3 is 2.08 bits per heavy atom. The van der Waals surface area contributed by atoms with Gasteiger partial charge < -0.3 is 5.73 Å². The molecule has 0 aromatic heterocycles. The Morgan fingerprint density at radius 1 is 1.23 bits per heavy atom. The number of hydrogen-bond acceptors (Lipinski definition) is 1. The molecule has 0 radical (unpaired) electrons. The van der Waals surface area contributed by atoms with Crippen molar-refractivity contribution >= 4 is 0 Å². The Morgan fingerprint density at radius 2 is 1.77 bits per heavy atom. The largest absolute Gasteiger partial charge is 0.330 e. The zero-order chi connectivity index (χ0) is 10.5. The third kappa shape index (κ3) is 4.12. The molecule has 0 bridgehead atoms. The quantitative estimate of drug-likeness (QED) is 0.674. The summed E-state index contributed by atoms with van der Waals surface area (Å²) in [6.45, 7) is 12.3. The molecule has 0 saturated heterocycles. The molecule has 0 aromatic carbocycles. The molecule has 0 fully saturated rings. The van der Waals surface area contributed by atoms with Gasteiger partial charge in [-0.3, -0.25) is 0 Å². The summed E-state index contributed by atoms with van der Waals surface area (Å²) in [7, 11) is 0. The van der Waals surface area contributed by atoms with Crippen LogP contribution in [0, 0.1) is 17.3 Å². The highest BCUT2D eigenvalue weighted by atomic mass is 14.6. The lowest BCUT2D eigenvalue weighted by Gasteiger charge is -2.34. The Kier molecular flexibility index (Phi) is 5.62. The fraction of sp³-hybridized carbons (Fsp3) is 1.00. The van der Waals surface area contributed by atoms with Crippen LogP contribution < -0.4 is 5.73 Å². The van der Waals surface area contributed by atoms with E-state index in [2.05, 4.69) is 34.6 Å². The van der Waals surface area contributed by atoms with E-state index >= 15 is 0 Å². The fourth-order valence-corrected chi connectivity index (χ4v) is 1.66. The second-order valence-corrected chi connectivity index (χ2v) is 5.10. The molecular formula is C12H27N. The lowest BCUT2D eigenvalue weighted by atomic mass is 9.72. The summed E-state index contributed by atoms with van der Waals surface area (Å²) in [5.74, 6) is 1.55. The Hall–Kier alpha value is -0.0400. The molecule has 0 aliphatic rings. The van der Waals surface area contributed by atoms with Crippen molar-refractivity contribution < 1.29 is 0 Å². The summed E-state index contributed by atoms with van der Waals surface area (Å²) in [5, 5.41) is 0. The molecule has 1 nitrogen and oxygen atoms in total. The van der Waals surface area contributed by atoms with E-state index in [4.69, 9.17) is 5.73 Å². The summed E-state index contributed by atoms with van der Waals surface area (Å²) >= 11 is 0. The molecule has 1 heteroatoms. The average molecular weight is 185 g/mol. The summed E-state index contributed by atoms with van der Waals surface area (Å²) < 4.78 is 0. The first-order chi connectivity index (χ1) is 5.96. The lowest BCUT2D eigenvalue weighted by Crippen LogP contribution is -2.34. The van der Waals surface area contributed by atoms with Crippen LogP contribution in [-0.2, 0) is 0 Å². The van der Waals surface area contributed by atoms with Gasteiger partial charge in [0.25, 0.3) is 0 Å². The third-order valence-corrected chi connectivity index (χ3v) is 3.56. The first-order valence-electron chi connectivity index (χ1n) is 5.66. The second kappa shape index (κ2) is 5.64. The van der Waals surface area contributed by atoms with Gasteiger partial charge >= 0.3 is 0 Å². The minimum Gasteiger partial charge on any atom is -0.330 e. The van der Waals surface area contributed by atoms with Gasteiger partial charge in [0.1, 0.15) is 0 Å². The SMILES string of the molecule is CCC(C)C(C)(CN)CCC(C)C. The van der Waals surface area contributed by atoms with Crippen LogP contribution in [0.2, 0.25) is 0 Å². The zero-order valence-electron chi connectivity index (χ0n) is 10.1. The van der Waals surface area contributed by atoms with Gasteiger partial charge in [0.15, 0.2) is 0 Å². The van der Waals surface area contributed by atoms with Crippen molar-refractivity contribution in [1.82, 2.24) is 0 Å². The molecule has 80 valence electrons. The van der Waals surface area contributed by atoms with E-state index in [1.165, 1.54) is 19.3 Å². The minimum atomic E-state index is 0.360. The Labute approximate surface area is 84.1 Å². The molecule has 0 aromatic rings. The Balaban J connectivity index is 4.11. The predicted molar refractivity (Wildman–Crippen MR) is 60.7 cm³/mol. The number of hydrogen-bond donors (Lipinski definition) is 1. The monoisotopic (exact) mass is 185 g/mol. The normalized spacial score (nSPS) is 18.7. The maximum Gasteiger partial charge on any atom is -0.00206 e. The van der Waals surface area contributed by atoms with Crippen molar-refractivity contribution in [2.24, 2.45) is 23.0 Å². The maximum absolute atomic E-state index is 5.87. The van der Waals surface area contributed by atoms with Crippen LogP contribution in [0.15, 0.2) is 0 Å². The molecule has 2 atom stereocenters. The summed E-state index contributed by atoms with van der Waals surface area (Å²) in [5.41, 5.74) is 6.23. The van der Waals surface area contributed by atoms with Gasteiger partial charge in [0, 0.05) is 0 Å². The van der Waals surface area contributed by atoms with E-state index in [-0.39, 0.29) is 0 Å². The fourth-order valence-electron chi connectivity index (χ4n) is 1.66. The smallest absolute Gasteiger partial charge is 0.00206 e. The summed E-state index contributed by atoms with van der Waals surface area (Å²) in [4.78, 5) is 0. The van der Waals surface area contributed by atoms with Crippen molar-refractivity contribution in [2.75, 3.05) is 6.54 Å². The molecule has 2 N–H and O–H groups in total. The van der Waals surface area contributed by atoms with Crippen molar-refractivity contribution in [3.8, 4) is 0 Å². The highest BCUT2D eigenvalue weighted by molar-refractivity contribution is 4.80. The van der Waals surface area contributed by atoms with Crippen LogP contribution in [-0.4, -0.2) is 6.54 Å². The highest BCUT2D eigenvalue weighted by Crippen LogP contribution is 2.34. The van der Waals surface area contributed by atoms with Crippen molar-refractivity contribution in [2.45, 2.75) is 53.9 Å².